The first kappa shape index (κ1) is 16.5. The van der Waals surface area contributed by atoms with Gasteiger partial charge >= 0.3 is 0 Å². The molecular weight excluding hydrogens is 276 g/mol. The Balaban J connectivity index is 2.49. The summed E-state index contributed by atoms with van der Waals surface area (Å²) in [7, 11) is 0. The molecule has 1 atom stereocenters. The molecule has 3 nitrogen and oxygen atoms in total. The van der Waals surface area contributed by atoms with E-state index in [-0.39, 0.29) is 16.7 Å². The van der Waals surface area contributed by atoms with Gasteiger partial charge in [0.2, 0.25) is 5.91 Å². The Morgan fingerprint density at radius 1 is 1.42 bits per heavy atom. The summed E-state index contributed by atoms with van der Waals surface area (Å²) in [6, 6.07) is -0.0168. The van der Waals surface area contributed by atoms with Gasteiger partial charge in [-0.15, -0.1) is 23.1 Å². The molecule has 1 N–H and O–H groups in total. The van der Waals surface area contributed by atoms with Crippen LogP contribution in [0.5, 0.6) is 0 Å². The van der Waals surface area contributed by atoms with E-state index < -0.39 is 0 Å². The highest BCUT2D eigenvalue weighted by atomic mass is 32.2. The van der Waals surface area contributed by atoms with Gasteiger partial charge in [-0.3, -0.25) is 4.79 Å². The fraction of sp³-hybridized carbons (Fsp3) is 0.714. The number of hydrogen-bond acceptors (Lipinski definition) is 4. The Morgan fingerprint density at radius 2 is 2.05 bits per heavy atom. The maximum atomic E-state index is 11.9. The summed E-state index contributed by atoms with van der Waals surface area (Å²) in [5.41, 5.74) is 0.961. The van der Waals surface area contributed by atoms with Crippen molar-refractivity contribution in [2.45, 2.75) is 58.2 Å². The summed E-state index contributed by atoms with van der Waals surface area (Å²) >= 11 is 3.32. The van der Waals surface area contributed by atoms with Gasteiger partial charge in [0.1, 0.15) is 0 Å². The van der Waals surface area contributed by atoms with Crippen LogP contribution in [0, 0.1) is 0 Å². The van der Waals surface area contributed by atoms with E-state index in [2.05, 4.69) is 44.9 Å². The van der Waals surface area contributed by atoms with Crippen molar-refractivity contribution in [1.29, 1.82) is 0 Å². The van der Waals surface area contributed by atoms with E-state index in [9.17, 15) is 4.79 Å². The van der Waals surface area contributed by atoms with Crippen LogP contribution in [0.25, 0.3) is 0 Å². The zero-order chi connectivity index (χ0) is 14.6. The number of amides is 1. The number of rotatable bonds is 5. The fourth-order valence-electron chi connectivity index (χ4n) is 1.40. The van der Waals surface area contributed by atoms with Crippen LogP contribution >= 0.6 is 23.1 Å². The fourth-order valence-corrected chi connectivity index (χ4v) is 2.98. The maximum Gasteiger partial charge on any atom is 0.230 e. The van der Waals surface area contributed by atoms with E-state index in [1.807, 2.05) is 12.3 Å². The second-order valence-electron chi connectivity index (χ2n) is 5.96. The summed E-state index contributed by atoms with van der Waals surface area (Å²) in [6.07, 6.45) is 0. The lowest BCUT2D eigenvalue weighted by Crippen LogP contribution is -2.29. The topological polar surface area (TPSA) is 42.0 Å². The summed E-state index contributed by atoms with van der Waals surface area (Å²) in [6.45, 7) is 12.6. The number of nitrogens with zero attached hydrogens (tertiary/aromatic N) is 1. The van der Waals surface area contributed by atoms with Crippen molar-refractivity contribution in [2.24, 2.45) is 0 Å². The average molecular weight is 300 g/mol. The molecule has 1 amide bonds. The Kier molecular flexibility index (Phi) is 5.86. The molecule has 19 heavy (non-hydrogen) atoms. The highest BCUT2D eigenvalue weighted by Gasteiger charge is 2.17. The first-order valence-corrected chi connectivity index (χ1v) is 8.44. The van der Waals surface area contributed by atoms with Crippen molar-refractivity contribution in [3.05, 3.63) is 16.1 Å². The second-order valence-corrected chi connectivity index (χ2v) is 8.65. The van der Waals surface area contributed by atoms with Gasteiger partial charge in [0.05, 0.1) is 22.5 Å². The average Bonchev–Trinajstić information content (AvgIpc) is 2.74. The van der Waals surface area contributed by atoms with E-state index in [0.717, 1.165) is 10.7 Å². The third-order valence-corrected chi connectivity index (χ3v) is 4.93. The highest BCUT2D eigenvalue weighted by Crippen LogP contribution is 2.24. The van der Waals surface area contributed by atoms with Gasteiger partial charge in [-0.25, -0.2) is 4.98 Å². The van der Waals surface area contributed by atoms with Gasteiger partial charge in [0.15, 0.2) is 0 Å². The van der Waals surface area contributed by atoms with Crippen molar-refractivity contribution < 1.29 is 4.79 Å². The number of aromatic nitrogens is 1. The lowest BCUT2D eigenvalue weighted by molar-refractivity contribution is -0.119. The van der Waals surface area contributed by atoms with Crippen LogP contribution in [0.15, 0.2) is 5.38 Å². The molecule has 1 aromatic rings. The number of thioether (sulfide) groups is 1. The minimum Gasteiger partial charge on any atom is -0.347 e. The van der Waals surface area contributed by atoms with Gasteiger partial charge < -0.3 is 5.32 Å². The second kappa shape index (κ2) is 6.75. The molecular formula is C14H24N2OS2. The predicted octanol–water partition coefficient (Wildman–Crippen LogP) is 3.98. The summed E-state index contributed by atoms with van der Waals surface area (Å²) in [4.78, 5) is 16.4. The van der Waals surface area contributed by atoms with Crippen molar-refractivity contribution in [3.8, 4) is 0 Å². The van der Waals surface area contributed by atoms with Crippen molar-refractivity contribution in [3.63, 3.8) is 0 Å². The Bertz CT molecular complexity index is 421. The molecule has 1 rings (SSSR count). The van der Waals surface area contributed by atoms with Crippen LogP contribution in [-0.2, 0) is 4.79 Å². The number of carbonyl (C=O) groups is 1. The molecule has 0 aliphatic rings. The Labute approximate surface area is 124 Å². The molecule has 1 heterocycles. The molecule has 0 aromatic carbocycles. The lowest BCUT2D eigenvalue weighted by Gasteiger charge is -2.18. The largest absolute Gasteiger partial charge is 0.347 e. The SMILES string of the molecule is CC(C)c1nc(C(C)NC(=O)CSC(C)(C)C)cs1. The maximum absolute atomic E-state index is 11.9. The monoisotopic (exact) mass is 300 g/mol. The molecule has 1 unspecified atom stereocenters. The van der Waals surface area contributed by atoms with Crippen molar-refractivity contribution in [1.82, 2.24) is 10.3 Å². The quantitative estimate of drug-likeness (QED) is 0.894. The molecule has 0 radical (unpaired) electrons. The third-order valence-electron chi connectivity index (χ3n) is 2.49. The van der Waals surface area contributed by atoms with Crippen LogP contribution in [0.3, 0.4) is 0 Å². The third kappa shape index (κ3) is 5.95. The first-order valence-electron chi connectivity index (χ1n) is 6.57. The minimum absolute atomic E-state index is 0.0168. The van der Waals surface area contributed by atoms with Crippen molar-refractivity contribution in [2.75, 3.05) is 5.75 Å². The first-order chi connectivity index (χ1) is 8.69. The van der Waals surface area contributed by atoms with Gasteiger partial charge in [-0.2, -0.15) is 0 Å². The Morgan fingerprint density at radius 3 is 2.53 bits per heavy atom. The molecule has 0 aliphatic carbocycles. The van der Waals surface area contributed by atoms with Gasteiger partial charge in [-0.05, 0) is 6.92 Å². The zero-order valence-electron chi connectivity index (χ0n) is 12.6. The van der Waals surface area contributed by atoms with E-state index >= 15 is 0 Å². The molecule has 108 valence electrons. The standard InChI is InChI=1S/C14H24N2OS2/c1-9(2)13-16-11(7-18-13)10(3)15-12(17)8-19-14(4,5)6/h7,9-10H,8H2,1-6H3,(H,15,17). The van der Waals surface area contributed by atoms with Crippen LogP contribution < -0.4 is 5.32 Å². The highest BCUT2D eigenvalue weighted by molar-refractivity contribution is 8.01. The molecule has 1 aromatic heterocycles. The normalized spacial score (nSPS) is 13.6. The van der Waals surface area contributed by atoms with E-state index in [1.165, 1.54) is 0 Å². The van der Waals surface area contributed by atoms with E-state index in [1.54, 1.807) is 23.1 Å². The molecule has 5 heteroatoms. The van der Waals surface area contributed by atoms with E-state index in [4.69, 9.17) is 0 Å². The minimum atomic E-state index is -0.0168. The van der Waals surface area contributed by atoms with Gasteiger partial charge in [0.25, 0.3) is 0 Å². The number of carbonyl (C=O) groups excluding carboxylic acids is 1. The van der Waals surface area contributed by atoms with Crippen LogP contribution in [0.4, 0.5) is 0 Å². The number of hydrogen-bond donors (Lipinski definition) is 1. The van der Waals surface area contributed by atoms with Crippen LogP contribution in [0.2, 0.25) is 0 Å². The summed E-state index contributed by atoms with van der Waals surface area (Å²) in [5.74, 6) is 1.01. The summed E-state index contributed by atoms with van der Waals surface area (Å²) < 4.78 is 0.117. The Hall–Kier alpha value is -0.550. The van der Waals surface area contributed by atoms with Crippen LogP contribution in [0.1, 0.15) is 64.2 Å². The van der Waals surface area contributed by atoms with Crippen molar-refractivity contribution >= 4 is 29.0 Å². The summed E-state index contributed by atoms with van der Waals surface area (Å²) in [5, 5.41) is 6.17. The lowest BCUT2D eigenvalue weighted by atomic mass is 10.2. The molecule has 0 saturated carbocycles. The molecule has 0 spiro atoms. The molecule has 0 bridgehead atoms. The molecule has 0 fully saturated rings. The van der Waals surface area contributed by atoms with E-state index in [0.29, 0.717) is 11.7 Å². The predicted molar refractivity (Wildman–Crippen MR) is 85.0 cm³/mol. The number of nitrogens with one attached hydrogen (secondary N) is 1. The number of thiazole rings is 1. The van der Waals surface area contributed by atoms with Crippen LogP contribution in [-0.4, -0.2) is 21.4 Å². The van der Waals surface area contributed by atoms with Gasteiger partial charge in [-0.1, -0.05) is 34.6 Å². The van der Waals surface area contributed by atoms with Gasteiger partial charge in [0, 0.05) is 16.0 Å². The zero-order valence-corrected chi connectivity index (χ0v) is 14.2. The molecule has 0 aliphatic heterocycles. The molecule has 0 saturated heterocycles. The smallest absolute Gasteiger partial charge is 0.230 e.